The molecule has 1 atom stereocenters. The van der Waals surface area contributed by atoms with Crippen LogP contribution in [0.1, 0.15) is 42.5 Å². The molecule has 1 fully saturated rings. The maximum atomic E-state index is 11.5. The van der Waals surface area contributed by atoms with Gasteiger partial charge in [0.15, 0.2) is 5.58 Å². The van der Waals surface area contributed by atoms with Crippen molar-refractivity contribution in [2.45, 2.75) is 36.9 Å². The van der Waals surface area contributed by atoms with Gasteiger partial charge in [-0.15, -0.1) is 0 Å². The fraction of sp³-hybridized carbons (Fsp3) is 0.533. The molecule has 0 spiro atoms. The lowest BCUT2D eigenvalue weighted by Crippen LogP contribution is -2.11. The summed E-state index contributed by atoms with van der Waals surface area (Å²) in [5, 5.41) is 0. The molecule has 0 radical (unpaired) electrons. The molecule has 2 aromatic rings. The molecule has 0 bridgehead atoms. The van der Waals surface area contributed by atoms with Gasteiger partial charge in [0.2, 0.25) is 0 Å². The van der Waals surface area contributed by atoms with Gasteiger partial charge in [0, 0.05) is 11.9 Å². The summed E-state index contributed by atoms with van der Waals surface area (Å²) in [6.45, 7) is 0. The van der Waals surface area contributed by atoms with E-state index in [1.807, 2.05) is 12.1 Å². The fourth-order valence-electron chi connectivity index (χ4n) is 3.02. The maximum Gasteiger partial charge on any atom is 0.419 e. The highest BCUT2D eigenvalue weighted by atomic mass is 79.9. The molecule has 1 aromatic heterocycles. The summed E-state index contributed by atoms with van der Waals surface area (Å²) in [7, 11) is 1.74. The molecule has 4 heteroatoms. The third-order valence-corrected chi connectivity index (χ3v) is 5.47. The van der Waals surface area contributed by atoms with E-state index in [9.17, 15) is 4.79 Å². The highest BCUT2D eigenvalue weighted by molar-refractivity contribution is 9.09. The van der Waals surface area contributed by atoms with Crippen molar-refractivity contribution >= 4 is 27.0 Å². The number of halogens is 1. The van der Waals surface area contributed by atoms with E-state index in [-0.39, 0.29) is 5.76 Å². The minimum Gasteiger partial charge on any atom is -0.408 e. The average Bonchev–Trinajstić information content (AvgIpc) is 2.74. The molecule has 1 aliphatic rings. The number of hydrogen-bond acceptors (Lipinski definition) is 2. The largest absolute Gasteiger partial charge is 0.419 e. The zero-order valence-corrected chi connectivity index (χ0v) is 12.6. The molecule has 19 heavy (non-hydrogen) atoms. The Balaban J connectivity index is 1.94. The Kier molecular flexibility index (Phi) is 3.52. The Labute approximate surface area is 120 Å². The van der Waals surface area contributed by atoms with Gasteiger partial charge in [0.05, 0.1) is 5.52 Å². The molecular weight excluding hydrogens is 306 g/mol. The second kappa shape index (κ2) is 5.16. The van der Waals surface area contributed by atoms with Gasteiger partial charge in [-0.05, 0) is 36.5 Å². The number of alkyl halides is 1. The molecule has 1 saturated carbocycles. The Morgan fingerprint density at radius 3 is 2.79 bits per heavy atom. The van der Waals surface area contributed by atoms with Crippen LogP contribution in [0.2, 0.25) is 0 Å². The van der Waals surface area contributed by atoms with Crippen molar-refractivity contribution in [3.05, 3.63) is 34.3 Å². The normalized spacial score (nSPS) is 18.8. The van der Waals surface area contributed by atoms with Crippen LogP contribution in [0.5, 0.6) is 0 Å². The van der Waals surface area contributed by atoms with E-state index in [4.69, 9.17) is 4.42 Å². The lowest BCUT2D eigenvalue weighted by Gasteiger charge is -2.26. The second-order valence-corrected chi connectivity index (χ2v) is 6.44. The molecule has 0 aliphatic heterocycles. The summed E-state index contributed by atoms with van der Waals surface area (Å²) in [5.41, 5.74) is 2.76. The molecule has 0 saturated heterocycles. The van der Waals surface area contributed by atoms with Gasteiger partial charge in [-0.1, -0.05) is 41.3 Å². The minimum absolute atomic E-state index is 0.295. The van der Waals surface area contributed by atoms with Crippen LogP contribution in [0.4, 0.5) is 0 Å². The molecule has 1 aliphatic carbocycles. The molecule has 1 unspecified atom stereocenters. The number of oxazole rings is 1. The molecular formula is C15H18BrNO2. The molecule has 0 N–H and O–H groups in total. The number of nitrogens with zero attached hydrogens (tertiary/aromatic N) is 1. The third kappa shape index (κ3) is 2.38. The van der Waals surface area contributed by atoms with Crippen molar-refractivity contribution in [2.75, 3.05) is 0 Å². The van der Waals surface area contributed by atoms with Crippen LogP contribution in [-0.4, -0.2) is 4.57 Å². The maximum absolute atomic E-state index is 11.5. The van der Waals surface area contributed by atoms with Crippen LogP contribution < -0.4 is 5.76 Å². The van der Waals surface area contributed by atoms with Crippen molar-refractivity contribution in [2.24, 2.45) is 13.0 Å². The highest BCUT2D eigenvalue weighted by Gasteiger charge is 2.23. The SMILES string of the molecule is Cn1c(=O)oc2cc(C(Br)C3CCCCC3)ccc21. The van der Waals surface area contributed by atoms with Crippen LogP contribution in [0.3, 0.4) is 0 Å². The van der Waals surface area contributed by atoms with E-state index in [1.54, 1.807) is 11.6 Å². The summed E-state index contributed by atoms with van der Waals surface area (Å²) in [6.07, 6.45) is 6.59. The van der Waals surface area contributed by atoms with Crippen molar-refractivity contribution in [3.8, 4) is 0 Å². The zero-order chi connectivity index (χ0) is 13.4. The summed E-state index contributed by atoms with van der Waals surface area (Å²) < 4.78 is 6.81. The van der Waals surface area contributed by atoms with E-state index in [1.165, 1.54) is 37.7 Å². The quantitative estimate of drug-likeness (QED) is 0.778. The van der Waals surface area contributed by atoms with Gasteiger partial charge in [-0.3, -0.25) is 4.57 Å². The Morgan fingerprint density at radius 1 is 1.32 bits per heavy atom. The predicted molar refractivity (Wildman–Crippen MR) is 79.7 cm³/mol. The fourth-order valence-corrected chi connectivity index (χ4v) is 3.83. The lowest BCUT2D eigenvalue weighted by molar-refractivity contribution is 0.354. The van der Waals surface area contributed by atoms with Gasteiger partial charge < -0.3 is 4.42 Å². The van der Waals surface area contributed by atoms with Crippen LogP contribution >= 0.6 is 15.9 Å². The molecule has 3 nitrogen and oxygen atoms in total. The van der Waals surface area contributed by atoms with E-state index in [0.717, 1.165) is 5.52 Å². The number of hydrogen-bond donors (Lipinski definition) is 0. The third-order valence-electron chi connectivity index (χ3n) is 4.20. The number of aryl methyl sites for hydroxylation is 1. The second-order valence-electron chi connectivity index (χ2n) is 5.45. The van der Waals surface area contributed by atoms with Crippen LogP contribution in [-0.2, 0) is 7.05 Å². The van der Waals surface area contributed by atoms with Crippen molar-refractivity contribution < 1.29 is 4.42 Å². The Morgan fingerprint density at radius 2 is 2.05 bits per heavy atom. The number of fused-ring (bicyclic) bond motifs is 1. The summed E-state index contributed by atoms with van der Waals surface area (Å²) >= 11 is 3.83. The zero-order valence-electron chi connectivity index (χ0n) is 11.1. The van der Waals surface area contributed by atoms with Gasteiger partial charge in [0.1, 0.15) is 0 Å². The number of aromatic nitrogens is 1. The van der Waals surface area contributed by atoms with Gasteiger partial charge in [-0.2, -0.15) is 0 Å². The Bertz CT molecular complexity index is 637. The Hall–Kier alpha value is -1.03. The van der Waals surface area contributed by atoms with Crippen molar-refractivity contribution in [1.29, 1.82) is 0 Å². The van der Waals surface area contributed by atoms with Crippen molar-refractivity contribution in [1.82, 2.24) is 4.57 Å². The molecule has 0 amide bonds. The summed E-state index contributed by atoms with van der Waals surface area (Å²) in [4.78, 5) is 11.9. The smallest absolute Gasteiger partial charge is 0.408 e. The van der Waals surface area contributed by atoms with Gasteiger partial charge >= 0.3 is 5.76 Å². The van der Waals surface area contributed by atoms with Crippen LogP contribution in [0.25, 0.3) is 11.1 Å². The molecule has 1 heterocycles. The predicted octanol–water partition coefficient (Wildman–Crippen LogP) is 4.15. The van der Waals surface area contributed by atoms with E-state index in [0.29, 0.717) is 16.3 Å². The monoisotopic (exact) mass is 323 g/mol. The average molecular weight is 324 g/mol. The van der Waals surface area contributed by atoms with E-state index >= 15 is 0 Å². The lowest BCUT2D eigenvalue weighted by atomic mass is 9.85. The van der Waals surface area contributed by atoms with Gasteiger partial charge in [-0.25, -0.2) is 4.79 Å². The van der Waals surface area contributed by atoms with Crippen LogP contribution in [0, 0.1) is 5.92 Å². The first kappa shape index (κ1) is 13.0. The first-order chi connectivity index (χ1) is 9.16. The standard InChI is InChI=1S/C15H18BrNO2/c1-17-12-8-7-11(9-13(12)19-15(17)18)14(16)10-5-3-2-4-6-10/h7-10,14H,2-6H2,1H3. The first-order valence-electron chi connectivity index (χ1n) is 6.90. The van der Waals surface area contributed by atoms with E-state index < -0.39 is 0 Å². The summed E-state index contributed by atoms with van der Waals surface area (Å²) in [6, 6.07) is 6.09. The molecule has 3 rings (SSSR count). The minimum atomic E-state index is -0.295. The molecule has 1 aromatic carbocycles. The number of benzene rings is 1. The van der Waals surface area contributed by atoms with Crippen molar-refractivity contribution in [3.63, 3.8) is 0 Å². The highest BCUT2D eigenvalue weighted by Crippen LogP contribution is 2.40. The van der Waals surface area contributed by atoms with Crippen LogP contribution in [0.15, 0.2) is 27.4 Å². The first-order valence-corrected chi connectivity index (χ1v) is 7.82. The van der Waals surface area contributed by atoms with Gasteiger partial charge in [0.25, 0.3) is 0 Å². The summed E-state index contributed by atoms with van der Waals surface area (Å²) in [5.74, 6) is 0.401. The van der Waals surface area contributed by atoms with E-state index in [2.05, 4.69) is 22.0 Å². The number of rotatable bonds is 2. The topological polar surface area (TPSA) is 35.1 Å². The molecule has 102 valence electrons.